The van der Waals surface area contributed by atoms with E-state index in [0.717, 1.165) is 42.0 Å². The van der Waals surface area contributed by atoms with Gasteiger partial charge in [0.2, 0.25) is 0 Å². The molecule has 1 aliphatic heterocycles. The number of halogens is 3. The van der Waals surface area contributed by atoms with Gasteiger partial charge in [0.25, 0.3) is 0 Å². The van der Waals surface area contributed by atoms with Crippen LogP contribution >= 0.6 is 0 Å². The Hall–Kier alpha value is -1.47. The lowest BCUT2D eigenvalue weighted by Crippen LogP contribution is -2.59. The number of hydrogen-bond acceptors (Lipinski definition) is 3. The fourth-order valence-electron chi connectivity index (χ4n) is 2.97. The van der Waals surface area contributed by atoms with E-state index in [1.165, 1.54) is 4.90 Å². The van der Waals surface area contributed by atoms with Gasteiger partial charge < -0.3 is 14.0 Å². The molecule has 1 heterocycles. The molecule has 0 radical (unpaired) electrons. The molecular formula is C19H30F3N2O2+. The van der Waals surface area contributed by atoms with Gasteiger partial charge in [0, 0.05) is 13.1 Å². The minimum atomic E-state index is -4.11. The second-order valence-corrected chi connectivity index (χ2v) is 7.20. The second kappa shape index (κ2) is 9.46. The molecule has 2 rings (SSSR count). The predicted molar refractivity (Wildman–Crippen MR) is 95.6 cm³/mol. The van der Waals surface area contributed by atoms with Gasteiger partial charge in [-0.05, 0) is 30.7 Å². The maximum Gasteiger partial charge on any atom is 0.401 e. The average molecular weight is 375 g/mol. The number of nitrogens with zero attached hydrogens (tertiary/aromatic N) is 2. The van der Waals surface area contributed by atoms with Crippen LogP contribution in [0.2, 0.25) is 0 Å². The average Bonchev–Trinajstić information content (AvgIpc) is 2.58. The van der Waals surface area contributed by atoms with E-state index >= 15 is 0 Å². The molecule has 0 spiro atoms. The molecule has 1 saturated heterocycles. The van der Waals surface area contributed by atoms with Crippen molar-refractivity contribution in [2.75, 3.05) is 59.5 Å². The quantitative estimate of drug-likeness (QED) is 0.487. The van der Waals surface area contributed by atoms with E-state index < -0.39 is 12.7 Å². The number of likely N-dealkylation sites (N-methyl/N-ethyl adjacent to an activating group) is 1. The summed E-state index contributed by atoms with van der Waals surface area (Å²) in [5.41, 5.74) is 0. The zero-order valence-electron chi connectivity index (χ0n) is 15.7. The van der Waals surface area contributed by atoms with E-state index in [4.69, 9.17) is 9.47 Å². The van der Waals surface area contributed by atoms with Crippen LogP contribution in [0.5, 0.6) is 11.5 Å². The van der Waals surface area contributed by atoms with Gasteiger partial charge in [0.1, 0.15) is 24.7 Å². The first kappa shape index (κ1) is 20.8. The summed E-state index contributed by atoms with van der Waals surface area (Å²) in [4.78, 5) is 1.48. The molecule has 0 amide bonds. The molecule has 0 N–H and O–H groups in total. The molecule has 7 heteroatoms. The maximum atomic E-state index is 12.5. The monoisotopic (exact) mass is 375 g/mol. The summed E-state index contributed by atoms with van der Waals surface area (Å²) >= 11 is 0. The Morgan fingerprint density at radius 3 is 2.04 bits per heavy atom. The lowest BCUT2D eigenvalue weighted by molar-refractivity contribution is -0.913. The fourth-order valence-corrected chi connectivity index (χ4v) is 2.97. The molecule has 148 valence electrons. The third kappa shape index (κ3) is 7.41. The van der Waals surface area contributed by atoms with E-state index in [0.29, 0.717) is 32.8 Å². The van der Waals surface area contributed by atoms with E-state index in [1.54, 1.807) is 0 Å². The molecule has 0 saturated carbocycles. The summed E-state index contributed by atoms with van der Waals surface area (Å²) < 4.78 is 49.5. The first-order chi connectivity index (χ1) is 12.3. The summed E-state index contributed by atoms with van der Waals surface area (Å²) in [6, 6.07) is 7.58. The highest BCUT2D eigenvalue weighted by Gasteiger charge is 2.35. The smallest absolute Gasteiger partial charge is 0.401 e. The SMILES string of the molecule is CCCCOc1ccc(OCC[N+]2(C)CCN(CC(F)(F)F)CC2)cc1. The normalized spacial score (nSPS) is 17.9. The Morgan fingerprint density at radius 2 is 1.54 bits per heavy atom. The summed E-state index contributed by atoms with van der Waals surface area (Å²) in [7, 11) is 2.08. The first-order valence-corrected chi connectivity index (χ1v) is 9.28. The molecule has 1 aromatic carbocycles. The Morgan fingerprint density at radius 1 is 1.00 bits per heavy atom. The highest BCUT2D eigenvalue weighted by molar-refractivity contribution is 5.31. The van der Waals surface area contributed by atoms with Crippen molar-refractivity contribution in [3.8, 4) is 11.5 Å². The van der Waals surface area contributed by atoms with Crippen molar-refractivity contribution >= 4 is 0 Å². The predicted octanol–water partition coefficient (Wildman–Crippen LogP) is 3.57. The Kier molecular flexibility index (Phi) is 7.58. The van der Waals surface area contributed by atoms with Crippen molar-refractivity contribution in [1.29, 1.82) is 0 Å². The van der Waals surface area contributed by atoms with Crippen molar-refractivity contribution in [2.24, 2.45) is 0 Å². The number of ether oxygens (including phenoxy) is 2. The van der Waals surface area contributed by atoms with Gasteiger partial charge in [-0.3, -0.25) is 4.90 Å². The van der Waals surface area contributed by atoms with Gasteiger partial charge in [-0.1, -0.05) is 13.3 Å². The number of piperazine rings is 1. The second-order valence-electron chi connectivity index (χ2n) is 7.20. The maximum absolute atomic E-state index is 12.5. The van der Waals surface area contributed by atoms with E-state index in [-0.39, 0.29) is 0 Å². The molecule has 0 aromatic heterocycles. The van der Waals surface area contributed by atoms with Crippen LogP contribution in [0.25, 0.3) is 0 Å². The van der Waals surface area contributed by atoms with Crippen LogP contribution in [0.15, 0.2) is 24.3 Å². The molecular weight excluding hydrogens is 345 g/mol. The minimum absolute atomic E-state index is 0.472. The van der Waals surface area contributed by atoms with Crippen molar-refractivity contribution in [3.05, 3.63) is 24.3 Å². The summed E-state index contributed by atoms with van der Waals surface area (Å²) in [5, 5.41) is 0. The van der Waals surface area contributed by atoms with Crippen LogP contribution in [0.1, 0.15) is 19.8 Å². The van der Waals surface area contributed by atoms with Crippen molar-refractivity contribution in [1.82, 2.24) is 4.90 Å². The number of quaternary nitrogens is 1. The van der Waals surface area contributed by atoms with Gasteiger partial charge in [-0.2, -0.15) is 13.2 Å². The molecule has 26 heavy (non-hydrogen) atoms. The third-order valence-corrected chi connectivity index (χ3v) is 4.81. The van der Waals surface area contributed by atoms with Crippen LogP contribution in [-0.2, 0) is 0 Å². The number of benzene rings is 1. The lowest BCUT2D eigenvalue weighted by atomic mass is 10.2. The highest BCUT2D eigenvalue weighted by atomic mass is 19.4. The number of rotatable bonds is 9. The van der Waals surface area contributed by atoms with Crippen molar-refractivity contribution in [2.45, 2.75) is 25.9 Å². The van der Waals surface area contributed by atoms with Gasteiger partial charge in [-0.25, -0.2) is 0 Å². The Labute approximate surface area is 154 Å². The van der Waals surface area contributed by atoms with E-state index in [1.807, 2.05) is 24.3 Å². The number of unbranched alkanes of at least 4 members (excludes halogenated alkanes) is 1. The van der Waals surface area contributed by atoms with Crippen LogP contribution in [0.3, 0.4) is 0 Å². The molecule has 4 nitrogen and oxygen atoms in total. The topological polar surface area (TPSA) is 21.7 Å². The largest absolute Gasteiger partial charge is 0.494 e. The van der Waals surface area contributed by atoms with Crippen LogP contribution in [0.4, 0.5) is 13.2 Å². The molecule has 0 unspecified atom stereocenters. The zero-order valence-corrected chi connectivity index (χ0v) is 15.7. The Balaban J connectivity index is 1.69. The summed E-state index contributed by atoms with van der Waals surface area (Å²) in [6.07, 6.45) is -1.97. The van der Waals surface area contributed by atoms with Gasteiger partial charge in [0.15, 0.2) is 0 Å². The highest BCUT2D eigenvalue weighted by Crippen LogP contribution is 2.20. The third-order valence-electron chi connectivity index (χ3n) is 4.81. The molecule has 0 aliphatic carbocycles. The minimum Gasteiger partial charge on any atom is -0.494 e. The first-order valence-electron chi connectivity index (χ1n) is 9.28. The summed E-state index contributed by atoms with van der Waals surface area (Å²) in [6.45, 7) is 5.74. The van der Waals surface area contributed by atoms with Crippen LogP contribution < -0.4 is 9.47 Å². The summed E-state index contributed by atoms with van der Waals surface area (Å²) in [5.74, 6) is 1.63. The van der Waals surface area contributed by atoms with Crippen molar-refractivity contribution in [3.63, 3.8) is 0 Å². The van der Waals surface area contributed by atoms with Crippen LogP contribution in [0, 0.1) is 0 Å². The van der Waals surface area contributed by atoms with Gasteiger partial charge >= 0.3 is 6.18 Å². The van der Waals surface area contributed by atoms with Gasteiger partial charge in [0.05, 0.1) is 33.3 Å². The number of hydrogen-bond donors (Lipinski definition) is 0. The fraction of sp³-hybridized carbons (Fsp3) is 0.684. The van der Waals surface area contributed by atoms with Gasteiger partial charge in [-0.15, -0.1) is 0 Å². The Bertz CT molecular complexity index is 527. The molecule has 1 aromatic rings. The molecule has 0 bridgehead atoms. The van der Waals surface area contributed by atoms with Crippen molar-refractivity contribution < 1.29 is 27.1 Å². The standard InChI is InChI=1S/C19H30F3N2O2/c1-3-4-14-25-17-5-7-18(8-6-17)26-15-13-24(2)11-9-23(10-12-24)16-19(20,21)22/h5-8H,3-4,9-16H2,1-2H3/q+1. The molecule has 1 aliphatic rings. The van der Waals surface area contributed by atoms with E-state index in [2.05, 4.69) is 14.0 Å². The zero-order chi connectivity index (χ0) is 19.0. The van der Waals surface area contributed by atoms with E-state index in [9.17, 15) is 13.2 Å². The number of alkyl halides is 3. The molecule has 0 atom stereocenters. The van der Waals surface area contributed by atoms with Crippen LogP contribution in [-0.4, -0.2) is 75.1 Å². The lowest BCUT2D eigenvalue weighted by Gasteiger charge is -2.42. The molecule has 1 fully saturated rings.